The van der Waals surface area contributed by atoms with Crippen LogP contribution in [0.3, 0.4) is 0 Å². The van der Waals surface area contributed by atoms with Gasteiger partial charge in [-0.1, -0.05) is 24.3 Å². The fraction of sp³-hybridized carbons (Fsp3) is 0.211. The van der Waals surface area contributed by atoms with E-state index in [2.05, 4.69) is 15.4 Å². The first-order valence-corrected chi connectivity index (χ1v) is 8.08. The third kappa shape index (κ3) is 4.23. The van der Waals surface area contributed by atoms with E-state index in [1.54, 1.807) is 24.0 Å². The largest absolute Gasteiger partial charge is 0.463 e. The second-order valence-corrected chi connectivity index (χ2v) is 5.74. The second kappa shape index (κ2) is 7.61. The predicted octanol–water partition coefficient (Wildman–Crippen LogP) is 2.66. The third-order valence-corrected chi connectivity index (χ3v) is 3.72. The zero-order valence-corrected chi connectivity index (χ0v) is 14.2. The molecule has 1 N–H and O–H groups in total. The quantitative estimate of drug-likeness (QED) is 0.751. The SMILES string of the molecule is Cc1cn(-c2ccccc2)nc1OC(C)C(=O)NCc1cccnc1. The summed E-state index contributed by atoms with van der Waals surface area (Å²) < 4.78 is 7.48. The molecule has 0 saturated heterocycles. The first-order chi connectivity index (χ1) is 12.1. The molecule has 0 bridgehead atoms. The average molecular weight is 336 g/mol. The van der Waals surface area contributed by atoms with Crippen LogP contribution in [0.4, 0.5) is 0 Å². The number of para-hydroxylation sites is 1. The Morgan fingerprint density at radius 3 is 2.76 bits per heavy atom. The van der Waals surface area contributed by atoms with Gasteiger partial charge in [0.05, 0.1) is 5.69 Å². The van der Waals surface area contributed by atoms with E-state index < -0.39 is 6.10 Å². The molecule has 25 heavy (non-hydrogen) atoms. The predicted molar refractivity (Wildman–Crippen MR) is 94.5 cm³/mol. The highest BCUT2D eigenvalue weighted by atomic mass is 16.5. The number of hydrogen-bond donors (Lipinski definition) is 1. The Morgan fingerprint density at radius 2 is 2.04 bits per heavy atom. The van der Waals surface area contributed by atoms with Crippen molar-refractivity contribution < 1.29 is 9.53 Å². The number of rotatable bonds is 6. The lowest BCUT2D eigenvalue weighted by Crippen LogP contribution is -2.36. The number of carbonyl (C=O) groups excluding carboxylic acids is 1. The minimum Gasteiger partial charge on any atom is -0.463 e. The number of hydrogen-bond acceptors (Lipinski definition) is 4. The van der Waals surface area contributed by atoms with Crippen LogP contribution in [-0.2, 0) is 11.3 Å². The van der Waals surface area contributed by atoms with Crippen molar-refractivity contribution in [1.82, 2.24) is 20.1 Å². The van der Waals surface area contributed by atoms with E-state index in [0.29, 0.717) is 12.4 Å². The van der Waals surface area contributed by atoms with Gasteiger partial charge in [0.15, 0.2) is 6.10 Å². The minimum absolute atomic E-state index is 0.197. The molecule has 0 radical (unpaired) electrons. The molecule has 1 aromatic carbocycles. The van der Waals surface area contributed by atoms with Crippen LogP contribution in [-0.4, -0.2) is 26.8 Å². The van der Waals surface area contributed by atoms with Crippen molar-refractivity contribution in [2.75, 3.05) is 0 Å². The highest BCUT2D eigenvalue weighted by Crippen LogP contribution is 2.19. The second-order valence-electron chi connectivity index (χ2n) is 5.74. The van der Waals surface area contributed by atoms with Crippen LogP contribution in [0.15, 0.2) is 61.1 Å². The van der Waals surface area contributed by atoms with Crippen molar-refractivity contribution in [1.29, 1.82) is 0 Å². The molecule has 0 aliphatic carbocycles. The molecule has 6 nitrogen and oxygen atoms in total. The Kier molecular flexibility index (Phi) is 5.09. The van der Waals surface area contributed by atoms with E-state index in [4.69, 9.17) is 4.74 Å². The van der Waals surface area contributed by atoms with Crippen LogP contribution in [0, 0.1) is 6.92 Å². The number of amides is 1. The molecule has 1 unspecified atom stereocenters. The van der Waals surface area contributed by atoms with Gasteiger partial charge in [-0.15, -0.1) is 5.10 Å². The first-order valence-electron chi connectivity index (χ1n) is 8.08. The lowest BCUT2D eigenvalue weighted by atomic mass is 10.3. The zero-order valence-electron chi connectivity index (χ0n) is 14.2. The van der Waals surface area contributed by atoms with Crippen LogP contribution in [0.5, 0.6) is 5.88 Å². The van der Waals surface area contributed by atoms with E-state index in [-0.39, 0.29) is 5.91 Å². The number of aryl methyl sites for hydroxylation is 1. The maximum Gasteiger partial charge on any atom is 0.261 e. The number of aromatic nitrogens is 3. The van der Waals surface area contributed by atoms with Gasteiger partial charge in [-0.2, -0.15) is 0 Å². The molecular formula is C19H20N4O2. The molecule has 0 aliphatic rings. The highest BCUT2D eigenvalue weighted by Gasteiger charge is 2.17. The molecule has 0 fully saturated rings. The highest BCUT2D eigenvalue weighted by molar-refractivity contribution is 5.80. The Balaban J connectivity index is 1.61. The van der Waals surface area contributed by atoms with Gasteiger partial charge in [0.1, 0.15) is 0 Å². The van der Waals surface area contributed by atoms with Crippen LogP contribution >= 0.6 is 0 Å². The first kappa shape index (κ1) is 16.7. The Bertz CT molecular complexity index is 831. The van der Waals surface area contributed by atoms with Crippen LogP contribution in [0.2, 0.25) is 0 Å². The Labute approximate surface area is 146 Å². The van der Waals surface area contributed by atoms with Crippen LogP contribution < -0.4 is 10.1 Å². The summed E-state index contributed by atoms with van der Waals surface area (Å²) in [6.07, 6.45) is 4.65. The maximum absolute atomic E-state index is 12.2. The van der Waals surface area contributed by atoms with E-state index in [0.717, 1.165) is 16.8 Å². The third-order valence-electron chi connectivity index (χ3n) is 3.72. The monoisotopic (exact) mass is 336 g/mol. The van der Waals surface area contributed by atoms with Gasteiger partial charge in [-0.05, 0) is 37.6 Å². The standard InChI is InChI=1S/C19H20N4O2/c1-14-13-23(17-8-4-3-5-9-17)22-19(14)25-15(2)18(24)21-12-16-7-6-10-20-11-16/h3-11,13,15H,12H2,1-2H3,(H,21,24). The summed E-state index contributed by atoms with van der Waals surface area (Å²) >= 11 is 0. The molecule has 128 valence electrons. The Morgan fingerprint density at radius 1 is 1.24 bits per heavy atom. The lowest BCUT2D eigenvalue weighted by molar-refractivity contribution is -0.127. The summed E-state index contributed by atoms with van der Waals surface area (Å²) in [7, 11) is 0. The van der Waals surface area contributed by atoms with Crippen molar-refractivity contribution in [3.05, 3.63) is 72.2 Å². The lowest BCUT2D eigenvalue weighted by Gasteiger charge is -2.13. The van der Waals surface area contributed by atoms with Crippen molar-refractivity contribution >= 4 is 5.91 Å². The van der Waals surface area contributed by atoms with Gasteiger partial charge in [0.2, 0.25) is 5.88 Å². The maximum atomic E-state index is 12.2. The van der Waals surface area contributed by atoms with Gasteiger partial charge in [0.25, 0.3) is 5.91 Å². The number of nitrogens with one attached hydrogen (secondary N) is 1. The van der Waals surface area contributed by atoms with Gasteiger partial charge >= 0.3 is 0 Å². The average Bonchev–Trinajstić information content (AvgIpc) is 3.02. The number of pyridine rings is 1. The zero-order chi connectivity index (χ0) is 17.6. The van der Waals surface area contributed by atoms with E-state index in [1.807, 2.05) is 55.6 Å². The van der Waals surface area contributed by atoms with Gasteiger partial charge in [-0.3, -0.25) is 9.78 Å². The van der Waals surface area contributed by atoms with E-state index in [9.17, 15) is 4.79 Å². The molecule has 1 amide bonds. The molecule has 2 aromatic heterocycles. The fourth-order valence-electron chi connectivity index (χ4n) is 2.33. The normalized spacial score (nSPS) is 11.8. The van der Waals surface area contributed by atoms with Crippen molar-refractivity contribution in [2.45, 2.75) is 26.5 Å². The summed E-state index contributed by atoms with van der Waals surface area (Å²) in [5, 5.41) is 7.26. The number of benzene rings is 1. The van der Waals surface area contributed by atoms with Crippen molar-refractivity contribution in [3.8, 4) is 11.6 Å². The van der Waals surface area contributed by atoms with Crippen LogP contribution in [0.25, 0.3) is 5.69 Å². The molecule has 1 atom stereocenters. The Hall–Kier alpha value is -3.15. The fourth-order valence-corrected chi connectivity index (χ4v) is 2.33. The number of ether oxygens (including phenoxy) is 1. The summed E-state index contributed by atoms with van der Waals surface area (Å²) in [6.45, 7) is 4.03. The van der Waals surface area contributed by atoms with E-state index in [1.165, 1.54) is 0 Å². The molecule has 0 aliphatic heterocycles. The summed E-state index contributed by atoms with van der Waals surface area (Å²) in [6, 6.07) is 13.5. The molecular weight excluding hydrogens is 316 g/mol. The smallest absolute Gasteiger partial charge is 0.261 e. The van der Waals surface area contributed by atoms with Crippen molar-refractivity contribution in [3.63, 3.8) is 0 Å². The number of carbonyl (C=O) groups is 1. The minimum atomic E-state index is -0.644. The van der Waals surface area contributed by atoms with Gasteiger partial charge in [0, 0.05) is 30.7 Å². The summed E-state index contributed by atoms with van der Waals surface area (Å²) in [5.74, 6) is 0.255. The topological polar surface area (TPSA) is 69.0 Å². The van der Waals surface area contributed by atoms with E-state index >= 15 is 0 Å². The van der Waals surface area contributed by atoms with Crippen LogP contribution in [0.1, 0.15) is 18.1 Å². The summed E-state index contributed by atoms with van der Waals surface area (Å²) in [4.78, 5) is 16.2. The number of nitrogens with zero attached hydrogens (tertiary/aromatic N) is 3. The molecule has 6 heteroatoms. The molecule has 0 saturated carbocycles. The van der Waals surface area contributed by atoms with Gasteiger partial charge < -0.3 is 10.1 Å². The van der Waals surface area contributed by atoms with Gasteiger partial charge in [-0.25, -0.2) is 4.68 Å². The molecule has 0 spiro atoms. The summed E-state index contributed by atoms with van der Waals surface area (Å²) in [5.41, 5.74) is 2.75. The molecule has 2 heterocycles. The van der Waals surface area contributed by atoms with Crippen molar-refractivity contribution in [2.24, 2.45) is 0 Å². The molecule has 3 aromatic rings. The molecule has 3 rings (SSSR count).